The third kappa shape index (κ3) is 3.38. The van der Waals surface area contributed by atoms with Crippen LogP contribution in [0, 0.1) is 5.92 Å². The summed E-state index contributed by atoms with van der Waals surface area (Å²) in [5.41, 5.74) is 5.85. The molecule has 1 aliphatic rings. The number of nitrogens with two attached hydrogens (primary N) is 1. The zero-order valence-corrected chi connectivity index (χ0v) is 10.2. The van der Waals surface area contributed by atoms with Crippen molar-refractivity contribution in [3.05, 3.63) is 17.5 Å². The second kappa shape index (κ2) is 5.42. The van der Waals surface area contributed by atoms with Gasteiger partial charge in [0.25, 0.3) is 0 Å². The van der Waals surface area contributed by atoms with Crippen molar-refractivity contribution in [1.29, 1.82) is 0 Å². The average Bonchev–Trinajstić information content (AvgIpc) is 2.29. The van der Waals surface area contributed by atoms with Crippen LogP contribution in [0.1, 0.15) is 25.7 Å². The molecule has 2 rings (SSSR count). The van der Waals surface area contributed by atoms with Crippen LogP contribution < -0.4 is 11.1 Å². The van der Waals surface area contributed by atoms with E-state index < -0.39 is 0 Å². The van der Waals surface area contributed by atoms with Crippen molar-refractivity contribution >= 4 is 23.3 Å². The number of nitrogens with one attached hydrogen (secondary N) is 1. The lowest BCUT2D eigenvalue weighted by Gasteiger charge is -2.25. The third-order valence-electron chi connectivity index (χ3n) is 2.97. The van der Waals surface area contributed by atoms with E-state index in [1.807, 2.05) is 0 Å². The van der Waals surface area contributed by atoms with Gasteiger partial charge in [0.2, 0.25) is 5.91 Å². The Kier molecular flexibility index (Phi) is 3.91. The van der Waals surface area contributed by atoms with Gasteiger partial charge in [0.1, 0.15) is 17.3 Å². The van der Waals surface area contributed by atoms with E-state index in [-0.39, 0.29) is 17.9 Å². The second-order valence-corrected chi connectivity index (χ2v) is 4.73. The lowest BCUT2D eigenvalue weighted by molar-refractivity contribution is -0.120. The Bertz CT molecular complexity index is 412. The third-order valence-corrected chi connectivity index (χ3v) is 3.18. The SMILES string of the molecule is N[C@H]1CCC[C@@H](C(=O)Nc2cc(Cl)ncn2)C1. The molecule has 0 unspecified atom stereocenters. The molecular formula is C11H15ClN4O. The molecule has 1 aromatic heterocycles. The highest BCUT2D eigenvalue weighted by molar-refractivity contribution is 6.29. The number of carbonyl (C=O) groups is 1. The molecule has 1 saturated carbocycles. The number of amides is 1. The molecule has 17 heavy (non-hydrogen) atoms. The van der Waals surface area contributed by atoms with Gasteiger partial charge < -0.3 is 11.1 Å². The normalized spacial score (nSPS) is 24.4. The summed E-state index contributed by atoms with van der Waals surface area (Å²) in [6, 6.07) is 1.66. The quantitative estimate of drug-likeness (QED) is 0.786. The van der Waals surface area contributed by atoms with E-state index in [0.717, 1.165) is 25.7 Å². The molecule has 1 fully saturated rings. The van der Waals surface area contributed by atoms with Crippen molar-refractivity contribution in [2.24, 2.45) is 11.7 Å². The zero-order valence-electron chi connectivity index (χ0n) is 9.40. The summed E-state index contributed by atoms with van der Waals surface area (Å²) in [4.78, 5) is 19.6. The average molecular weight is 255 g/mol. The molecule has 1 aromatic rings. The van der Waals surface area contributed by atoms with Crippen molar-refractivity contribution in [3.8, 4) is 0 Å². The first-order valence-corrected chi connectivity index (χ1v) is 6.07. The van der Waals surface area contributed by atoms with E-state index >= 15 is 0 Å². The summed E-state index contributed by atoms with van der Waals surface area (Å²) >= 11 is 5.71. The highest BCUT2D eigenvalue weighted by atomic mass is 35.5. The molecule has 5 nitrogen and oxygen atoms in total. The summed E-state index contributed by atoms with van der Waals surface area (Å²) in [7, 11) is 0. The predicted octanol–water partition coefficient (Wildman–Crippen LogP) is 1.59. The summed E-state index contributed by atoms with van der Waals surface area (Å²) in [6.07, 6.45) is 4.96. The van der Waals surface area contributed by atoms with Crippen molar-refractivity contribution in [1.82, 2.24) is 9.97 Å². The molecule has 1 heterocycles. The van der Waals surface area contributed by atoms with Crippen LogP contribution in [0.4, 0.5) is 5.82 Å². The number of carbonyl (C=O) groups excluding carboxylic acids is 1. The Morgan fingerprint density at radius 3 is 3.00 bits per heavy atom. The fraction of sp³-hybridized carbons (Fsp3) is 0.545. The number of halogens is 1. The van der Waals surface area contributed by atoms with Gasteiger partial charge in [-0.25, -0.2) is 9.97 Å². The van der Waals surface area contributed by atoms with E-state index in [4.69, 9.17) is 17.3 Å². The molecule has 1 amide bonds. The van der Waals surface area contributed by atoms with Gasteiger partial charge in [-0.15, -0.1) is 0 Å². The Morgan fingerprint density at radius 1 is 1.47 bits per heavy atom. The molecular weight excluding hydrogens is 240 g/mol. The molecule has 92 valence electrons. The summed E-state index contributed by atoms with van der Waals surface area (Å²) in [5.74, 6) is 0.386. The summed E-state index contributed by atoms with van der Waals surface area (Å²) in [6.45, 7) is 0. The van der Waals surface area contributed by atoms with E-state index in [1.165, 1.54) is 12.4 Å². The minimum atomic E-state index is -0.0325. The van der Waals surface area contributed by atoms with Gasteiger partial charge in [-0.1, -0.05) is 18.0 Å². The Balaban J connectivity index is 1.96. The maximum absolute atomic E-state index is 12.0. The molecule has 3 N–H and O–H groups in total. The van der Waals surface area contributed by atoms with Crippen LogP contribution in [0.25, 0.3) is 0 Å². The van der Waals surface area contributed by atoms with Gasteiger partial charge in [0.05, 0.1) is 0 Å². The van der Waals surface area contributed by atoms with Crippen LogP contribution in [0.5, 0.6) is 0 Å². The van der Waals surface area contributed by atoms with Crippen LogP contribution in [-0.4, -0.2) is 21.9 Å². The monoisotopic (exact) mass is 254 g/mol. The van der Waals surface area contributed by atoms with Gasteiger partial charge in [-0.2, -0.15) is 0 Å². The highest BCUT2D eigenvalue weighted by Gasteiger charge is 2.25. The minimum Gasteiger partial charge on any atom is -0.328 e. The first-order valence-electron chi connectivity index (χ1n) is 5.69. The Morgan fingerprint density at radius 2 is 2.29 bits per heavy atom. The number of hydrogen-bond donors (Lipinski definition) is 2. The first kappa shape index (κ1) is 12.3. The van der Waals surface area contributed by atoms with Gasteiger partial charge in [-0.05, 0) is 19.3 Å². The van der Waals surface area contributed by atoms with Crippen LogP contribution in [0.3, 0.4) is 0 Å². The molecule has 6 heteroatoms. The van der Waals surface area contributed by atoms with Crippen LogP contribution >= 0.6 is 11.6 Å². The fourth-order valence-electron chi connectivity index (χ4n) is 2.10. The highest BCUT2D eigenvalue weighted by Crippen LogP contribution is 2.24. The van der Waals surface area contributed by atoms with Gasteiger partial charge in [-0.3, -0.25) is 4.79 Å². The second-order valence-electron chi connectivity index (χ2n) is 4.34. The predicted molar refractivity (Wildman–Crippen MR) is 65.6 cm³/mol. The lowest BCUT2D eigenvalue weighted by Crippen LogP contribution is -2.34. The van der Waals surface area contributed by atoms with Crippen molar-refractivity contribution in [2.75, 3.05) is 5.32 Å². The molecule has 0 bridgehead atoms. The molecule has 1 aliphatic carbocycles. The number of anilines is 1. The molecule has 0 radical (unpaired) electrons. The number of rotatable bonds is 2. The molecule has 0 aromatic carbocycles. The fourth-order valence-corrected chi connectivity index (χ4v) is 2.24. The zero-order chi connectivity index (χ0) is 12.3. The van der Waals surface area contributed by atoms with E-state index in [1.54, 1.807) is 0 Å². The van der Waals surface area contributed by atoms with Gasteiger partial charge in [0.15, 0.2) is 0 Å². The lowest BCUT2D eigenvalue weighted by atomic mass is 9.85. The van der Waals surface area contributed by atoms with Gasteiger partial charge >= 0.3 is 0 Å². The number of hydrogen-bond acceptors (Lipinski definition) is 4. The number of aromatic nitrogens is 2. The van der Waals surface area contributed by atoms with Crippen LogP contribution in [0.15, 0.2) is 12.4 Å². The Labute approximate surface area is 105 Å². The first-order chi connectivity index (χ1) is 8.15. The van der Waals surface area contributed by atoms with Crippen molar-refractivity contribution < 1.29 is 4.79 Å². The molecule has 2 atom stereocenters. The van der Waals surface area contributed by atoms with Crippen LogP contribution in [-0.2, 0) is 4.79 Å². The maximum Gasteiger partial charge on any atom is 0.228 e. The van der Waals surface area contributed by atoms with E-state index in [2.05, 4.69) is 15.3 Å². The molecule has 0 aliphatic heterocycles. The number of nitrogens with zero attached hydrogens (tertiary/aromatic N) is 2. The summed E-state index contributed by atoms with van der Waals surface area (Å²) < 4.78 is 0. The van der Waals surface area contributed by atoms with Gasteiger partial charge in [0, 0.05) is 18.0 Å². The van der Waals surface area contributed by atoms with Crippen molar-refractivity contribution in [3.63, 3.8) is 0 Å². The van der Waals surface area contributed by atoms with E-state index in [0.29, 0.717) is 11.0 Å². The Hall–Kier alpha value is -1.20. The topological polar surface area (TPSA) is 80.9 Å². The van der Waals surface area contributed by atoms with Crippen LogP contribution in [0.2, 0.25) is 5.15 Å². The molecule has 0 spiro atoms. The molecule has 0 saturated heterocycles. The van der Waals surface area contributed by atoms with Crippen molar-refractivity contribution in [2.45, 2.75) is 31.7 Å². The maximum atomic E-state index is 12.0. The largest absolute Gasteiger partial charge is 0.328 e. The smallest absolute Gasteiger partial charge is 0.228 e. The summed E-state index contributed by atoms with van der Waals surface area (Å²) in [5, 5.41) is 3.06. The minimum absolute atomic E-state index is 0.0208. The standard InChI is InChI=1S/C11H15ClN4O/c12-9-5-10(15-6-14-9)16-11(17)7-2-1-3-8(13)4-7/h5-8H,1-4,13H2,(H,14,15,16,17)/t7-,8+/m1/s1. The van der Waals surface area contributed by atoms with E-state index in [9.17, 15) is 4.79 Å².